The SMILES string of the molecule is CCOC1CCCN(C(c2ccc(C)s2)C(C)N)C1. The Labute approximate surface area is 120 Å². The van der Waals surface area contributed by atoms with E-state index in [1.54, 1.807) is 0 Å². The maximum absolute atomic E-state index is 6.25. The van der Waals surface area contributed by atoms with Gasteiger partial charge in [-0.05, 0) is 52.3 Å². The van der Waals surface area contributed by atoms with Crippen molar-refractivity contribution < 1.29 is 4.74 Å². The highest BCUT2D eigenvalue weighted by atomic mass is 32.1. The lowest BCUT2D eigenvalue weighted by Crippen LogP contribution is -2.46. The number of rotatable bonds is 5. The first-order valence-electron chi connectivity index (χ1n) is 7.29. The molecule has 0 aliphatic carbocycles. The molecule has 2 rings (SSSR count). The van der Waals surface area contributed by atoms with Crippen LogP contribution in [-0.4, -0.2) is 36.7 Å². The molecule has 1 aliphatic rings. The molecule has 1 aromatic rings. The summed E-state index contributed by atoms with van der Waals surface area (Å²) in [6.07, 6.45) is 2.76. The second-order valence-corrected chi connectivity index (χ2v) is 6.79. The maximum Gasteiger partial charge on any atom is 0.0702 e. The molecule has 2 heterocycles. The van der Waals surface area contributed by atoms with E-state index < -0.39 is 0 Å². The fourth-order valence-corrected chi connectivity index (χ4v) is 4.10. The van der Waals surface area contributed by atoms with Crippen molar-refractivity contribution in [3.05, 3.63) is 21.9 Å². The number of thiophene rings is 1. The van der Waals surface area contributed by atoms with Crippen LogP contribution in [0.1, 0.15) is 42.5 Å². The minimum atomic E-state index is 0.151. The third kappa shape index (κ3) is 3.78. The standard InChI is InChI=1S/C15H26N2OS/c1-4-18-13-6-5-9-17(10-13)15(12(3)16)14-8-7-11(2)19-14/h7-8,12-13,15H,4-6,9-10,16H2,1-3H3. The molecule has 1 fully saturated rings. The first-order chi connectivity index (χ1) is 9.11. The molecule has 0 radical (unpaired) electrons. The van der Waals surface area contributed by atoms with E-state index >= 15 is 0 Å². The molecule has 1 aliphatic heterocycles. The number of nitrogens with zero attached hydrogens (tertiary/aromatic N) is 1. The summed E-state index contributed by atoms with van der Waals surface area (Å²) in [4.78, 5) is 5.27. The average molecular weight is 282 g/mol. The first-order valence-corrected chi connectivity index (χ1v) is 8.11. The van der Waals surface area contributed by atoms with Crippen LogP contribution in [-0.2, 0) is 4.74 Å². The van der Waals surface area contributed by atoms with Crippen LogP contribution in [0, 0.1) is 6.92 Å². The van der Waals surface area contributed by atoms with E-state index in [-0.39, 0.29) is 6.04 Å². The molecule has 0 amide bonds. The molecule has 1 aromatic heterocycles. The van der Waals surface area contributed by atoms with E-state index in [0.29, 0.717) is 12.1 Å². The van der Waals surface area contributed by atoms with E-state index in [2.05, 4.69) is 37.8 Å². The van der Waals surface area contributed by atoms with Gasteiger partial charge in [0.2, 0.25) is 0 Å². The van der Waals surface area contributed by atoms with Gasteiger partial charge in [0.05, 0.1) is 12.1 Å². The van der Waals surface area contributed by atoms with Crippen LogP contribution in [0.15, 0.2) is 12.1 Å². The normalized spacial score (nSPS) is 24.3. The molecule has 19 heavy (non-hydrogen) atoms. The summed E-state index contributed by atoms with van der Waals surface area (Å²) in [7, 11) is 0. The van der Waals surface area contributed by atoms with E-state index in [1.165, 1.54) is 22.6 Å². The molecular weight excluding hydrogens is 256 g/mol. The lowest BCUT2D eigenvalue weighted by molar-refractivity contribution is -0.0101. The van der Waals surface area contributed by atoms with E-state index in [1.807, 2.05) is 11.3 Å². The Hall–Kier alpha value is -0.420. The number of ether oxygens (including phenoxy) is 1. The van der Waals surface area contributed by atoms with Crippen molar-refractivity contribution in [2.45, 2.75) is 51.8 Å². The van der Waals surface area contributed by atoms with Crippen molar-refractivity contribution in [2.24, 2.45) is 5.73 Å². The van der Waals surface area contributed by atoms with E-state index in [4.69, 9.17) is 10.5 Å². The monoisotopic (exact) mass is 282 g/mol. The van der Waals surface area contributed by atoms with Crippen LogP contribution in [0.2, 0.25) is 0 Å². The second-order valence-electron chi connectivity index (χ2n) is 5.47. The lowest BCUT2D eigenvalue weighted by atomic mass is 10.0. The van der Waals surface area contributed by atoms with Crippen LogP contribution in [0.4, 0.5) is 0 Å². The van der Waals surface area contributed by atoms with E-state index in [9.17, 15) is 0 Å². The van der Waals surface area contributed by atoms with Gasteiger partial charge in [-0.3, -0.25) is 4.90 Å². The Morgan fingerprint density at radius 2 is 2.32 bits per heavy atom. The molecule has 0 bridgehead atoms. The van der Waals surface area contributed by atoms with Crippen molar-refractivity contribution in [1.82, 2.24) is 4.90 Å². The Kier molecular flexibility index (Phi) is 5.39. The van der Waals surface area contributed by atoms with Crippen LogP contribution >= 0.6 is 11.3 Å². The highest BCUT2D eigenvalue weighted by molar-refractivity contribution is 7.12. The van der Waals surface area contributed by atoms with Crippen molar-refractivity contribution in [3.8, 4) is 0 Å². The summed E-state index contributed by atoms with van der Waals surface area (Å²) < 4.78 is 5.80. The summed E-state index contributed by atoms with van der Waals surface area (Å²) in [5, 5.41) is 0. The van der Waals surface area contributed by atoms with Crippen molar-refractivity contribution in [2.75, 3.05) is 19.7 Å². The Bertz CT molecular complexity index is 389. The van der Waals surface area contributed by atoms with Gasteiger partial charge < -0.3 is 10.5 Å². The Balaban J connectivity index is 2.10. The summed E-state index contributed by atoms with van der Waals surface area (Å²) in [5.41, 5.74) is 6.25. The van der Waals surface area contributed by atoms with Crippen molar-refractivity contribution in [3.63, 3.8) is 0 Å². The molecule has 0 saturated carbocycles. The summed E-state index contributed by atoms with van der Waals surface area (Å²) in [6, 6.07) is 4.91. The number of piperidine rings is 1. The maximum atomic E-state index is 6.25. The predicted molar refractivity (Wildman–Crippen MR) is 81.7 cm³/mol. The zero-order chi connectivity index (χ0) is 13.8. The number of nitrogens with two attached hydrogens (primary N) is 1. The van der Waals surface area contributed by atoms with Crippen molar-refractivity contribution >= 4 is 11.3 Å². The molecule has 3 nitrogen and oxygen atoms in total. The van der Waals surface area contributed by atoms with Gasteiger partial charge in [0.15, 0.2) is 0 Å². The van der Waals surface area contributed by atoms with Gasteiger partial charge >= 0.3 is 0 Å². The molecule has 0 spiro atoms. The molecule has 4 heteroatoms. The third-order valence-electron chi connectivity index (χ3n) is 3.76. The van der Waals surface area contributed by atoms with Crippen LogP contribution < -0.4 is 5.73 Å². The minimum Gasteiger partial charge on any atom is -0.377 e. The predicted octanol–water partition coefficient (Wildman–Crippen LogP) is 2.95. The topological polar surface area (TPSA) is 38.5 Å². The highest BCUT2D eigenvalue weighted by Gasteiger charge is 2.30. The first kappa shape index (κ1) is 15.0. The highest BCUT2D eigenvalue weighted by Crippen LogP contribution is 2.32. The third-order valence-corrected chi connectivity index (χ3v) is 4.83. The van der Waals surface area contributed by atoms with Crippen LogP contribution in [0.3, 0.4) is 0 Å². The van der Waals surface area contributed by atoms with Crippen molar-refractivity contribution in [1.29, 1.82) is 0 Å². The lowest BCUT2D eigenvalue weighted by Gasteiger charge is -2.39. The summed E-state index contributed by atoms with van der Waals surface area (Å²) >= 11 is 1.87. The van der Waals surface area contributed by atoms with Crippen LogP contribution in [0.25, 0.3) is 0 Å². The quantitative estimate of drug-likeness (QED) is 0.902. The largest absolute Gasteiger partial charge is 0.377 e. The zero-order valence-corrected chi connectivity index (χ0v) is 13.1. The second kappa shape index (κ2) is 6.84. The molecule has 3 unspecified atom stereocenters. The molecular formula is C15H26N2OS. The van der Waals surface area contributed by atoms with Gasteiger partial charge in [-0.2, -0.15) is 0 Å². The van der Waals surface area contributed by atoms with Gasteiger partial charge in [0.1, 0.15) is 0 Å². The molecule has 0 aromatic carbocycles. The minimum absolute atomic E-state index is 0.151. The average Bonchev–Trinajstić information content (AvgIpc) is 2.76. The smallest absolute Gasteiger partial charge is 0.0702 e. The van der Waals surface area contributed by atoms with Gasteiger partial charge in [0, 0.05) is 28.9 Å². The number of hydrogen-bond acceptors (Lipinski definition) is 4. The number of aryl methyl sites for hydroxylation is 1. The van der Waals surface area contributed by atoms with Gasteiger partial charge in [-0.1, -0.05) is 0 Å². The molecule has 2 N–H and O–H groups in total. The summed E-state index contributed by atoms with van der Waals surface area (Å²) in [5.74, 6) is 0. The molecule has 3 atom stereocenters. The Morgan fingerprint density at radius 1 is 1.53 bits per heavy atom. The van der Waals surface area contributed by atoms with Gasteiger partial charge in [0.25, 0.3) is 0 Å². The van der Waals surface area contributed by atoms with E-state index in [0.717, 1.165) is 19.7 Å². The zero-order valence-electron chi connectivity index (χ0n) is 12.3. The summed E-state index contributed by atoms with van der Waals surface area (Å²) in [6.45, 7) is 9.30. The fraction of sp³-hybridized carbons (Fsp3) is 0.733. The number of likely N-dealkylation sites (tertiary alicyclic amines) is 1. The van der Waals surface area contributed by atoms with Crippen LogP contribution in [0.5, 0.6) is 0 Å². The van der Waals surface area contributed by atoms with Gasteiger partial charge in [-0.15, -0.1) is 11.3 Å². The Morgan fingerprint density at radius 3 is 2.89 bits per heavy atom. The molecule has 108 valence electrons. The number of hydrogen-bond donors (Lipinski definition) is 1. The fourth-order valence-electron chi connectivity index (χ4n) is 2.97. The molecule has 1 saturated heterocycles. The van der Waals surface area contributed by atoms with Gasteiger partial charge in [-0.25, -0.2) is 0 Å².